The third kappa shape index (κ3) is 3.72. The van der Waals surface area contributed by atoms with Gasteiger partial charge in [-0.15, -0.1) is 0 Å². The molecule has 138 valence electrons. The fourth-order valence-corrected chi connectivity index (χ4v) is 6.11. The Morgan fingerprint density at radius 1 is 1.38 bits per heavy atom. The maximum atomic E-state index is 11.0. The second-order valence-corrected chi connectivity index (χ2v) is 14.6. The maximum Gasteiger partial charge on any atom is 0.192 e. The van der Waals surface area contributed by atoms with Crippen LogP contribution in [0.5, 0.6) is 0 Å². The number of hydrogen-bond donors (Lipinski definition) is 0. The largest absolute Gasteiger partial charge is 0.414 e. The third-order valence-electron chi connectivity index (χ3n) is 7.19. The molecule has 0 bridgehead atoms. The van der Waals surface area contributed by atoms with Gasteiger partial charge in [-0.05, 0) is 61.1 Å². The highest BCUT2D eigenvalue weighted by Crippen LogP contribution is 2.55. The lowest BCUT2D eigenvalue weighted by Gasteiger charge is -2.53. The average Bonchev–Trinajstić information content (AvgIpc) is 2.45. The van der Waals surface area contributed by atoms with E-state index in [2.05, 4.69) is 53.8 Å². The van der Waals surface area contributed by atoms with Gasteiger partial charge in [-0.1, -0.05) is 52.7 Å². The van der Waals surface area contributed by atoms with E-state index in [0.29, 0.717) is 24.4 Å². The SMILES string of the molecule is C[C@H](CC=O)C1=CCC[C@H]2[C@@H](O[Si](C)(C)C(C)(C)C)CCC[C@]12C. The van der Waals surface area contributed by atoms with Gasteiger partial charge >= 0.3 is 0 Å². The van der Waals surface area contributed by atoms with Crippen LogP contribution in [0.4, 0.5) is 0 Å². The Bertz CT molecular complexity index is 489. The quantitative estimate of drug-likeness (QED) is 0.339. The first-order valence-corrected chi connectivity index (χ1v) is 12.8. The molecule has 2 aliphatic carbocycles. The number of hydrogen-bond acceptors (Lipinski definition) is 2. The average molecular weight is 351 g/mol. The van der Waals surface area contributed by atoms with Gasteiger partial charge in [0, 0.05) is 12.5 Å². The topological polar surface area (TPSA) is 26.3 Å². The van der Waals surface area contributed by atoms with Gasteiger partial charge < -0.3 is 9.22 Å². The number of allylic oxidation sites excluding steroid dienone is 2. The molecular formula is C21H38O2Si. The minimum Gasteiger partial charge on any atom is -0.414 e. The number of carbonyl (C=O) groups excluding carboxylic acids is 1. The summed E-state index contributed by atoms with van der Waals surface area (Å²) in [7, 11) is -1.74. The third-order valence-corrected chi connectivity index (χ3v) is 11.7. The molecule has 0 aromatic carbocycles. The van der Waals surface area contributed by atoms with Gasteiger partial charge in [0.2, 0.25) is 0 Å². The van der Waals surface area contributed by atoms with Gasteiger partial charge in [0.25, 0.3) is 0 Å². The first-order chi connectivity index (χ1) is 11.0. The van der Waals surface area contributed by atoms with Crippen molar-refractivity contribution in [3.8, 4) is 0 Å². The van der Waals surface area contributed by atoms with E-state index in [1.165, 1.54) is 31.3 Å². The van der Waals surface area contributed by atoms with Crippen LogP contribution < -0.4 is 0 Å². The van der Waals surface area contributed by atoms with Crippen molar-refractivity contribution in [3.63, 3.8) is 0 Å². The van der Waals surface area contributed by atoms with Crippen molar-refractivity contribution >= 4 is 14.6 Å². The fourth-order valence-electron chi connectivity index (χ4n) is 4.71. The molecule has 0 aromatic rings. The molecule has 1 saturated carbocycles. The zero-order valence-electron chi connectivity index (χ0n) is 16.9. The van der Waals surface area contributed by atoms with Crippen LogP contribution in [-0.4, -0.2) is 20.7 Å². The van der Waals surface area contributed by atoms with Crippen LogP contribution in [0, 0.1) is 17.3 Å². The Labute approximate surface area is 150 Å². The highest BCUT2D eigenvalue weighted by molar-refractivity contribution is 6.74. The van der Waals surface area contributed by atoms with Crippen molar-refractivity contribution in [1.82, 2.24) is 0 Å². The summed E-state index contributed by atoms with van der Waals surface area (Å²) >= 11 is 0. The second kappa shape index (κ2) is 7.07. The van der Waals surface area contributed by atoms with Crippen molar-refractivity contribution in [1.29, 1.82) is 0 Å². The Morgan fingerprint density at radius 2 is 2.04 bits per heavy atom. The highest BCUT2D eigenvalue weighted by Gasteiger charge is 2.49. The molecule has 4 atom stereocenters. The van der Waals surface area contributed by atoms with Crippen LogP contribution in [0.2, 0.25) is 18.1 Å². The van der Waals surface area contributed by atoms with Crippen molar-refractivity contribution in [3.05, 3.63) is 11.6 Å². The van der Waals surface area contributed by atoms with Crippen LogP contribution >= 0.6 is 0 Å². The summed E-state index contributed by atoms with van der Waals surface area (Å²) in [4.78, 5) is 11.0. The summed E-state index contributed by atoms with van der Waals surface area (Å²) in [6, 6.07) is 0. The molecule has 2 rings (SSSR count). The summed E-state index contributed by atoms with van der Waals surface area (Å²) in [6.07, 6.45) is 10.7. The highest BCUT2D eigenvalue weighted by atomic mass is 28.4. The Hall–Kier alpha value is -0.413. The van der Waals surface area contributed by atoms with E-state index < -0.39 is 8.32 Å². The van der Waals surface area contributed by atoms with Crippen molar-refractivity contribution in [2.24, 2.45) is 17.3 Å². The van der Waals surface area contributed by atoms with E-state index in [1.807, 2.05) is 0 Å². The molecule has 0 heterocycles. The molecule has 3 heteroatoms. The lowest BCUT2D eigenvalue weighted by atomic mass is 9.56. The molecular weight excluding hydrogens is 312 g/mol. The normalized spacial score (nSPS) is 32.7. The lowest BCUT2D eigenvalue weighted by molar-refractivity contribution is -0.108. The van der Waals surface area contributed by atoms with E-state index >= 15 is 0 Å². The van der Waals surface area contributed by atoms with Crippen LogP contribution in [0.25, 0.3) is 0 Å². The molecule has 0 spiro atoms. The molecule has 24 heavy (non-hydrogen) atoms. The van der Waals surface area contributed by atoms with Crippen LogP contribution in [0.3, 0.4) is 0 Å². The van der Waals surface area contributed by atoms with Crippen molar-refractivity contribution < 1.29 is 9.22 Å². The molecule has 0 N–H and O–H groups in total. The van der Waals surface area contributed by atoms with E-state index in [9.17, 15) is 4.79 Å². The van der Waals surface area contributed by atoms with Crippen LogP contribution in [-0.2, 0) is 9.22 Å². The molecule has 2 nitrogen and oxygen atoms in total. The first kappa shape index (κ1) is 19.9. The molecule has 1 fully saturated rings. The minimum atomic E-state index is -1.74. The molecule has 0 saturated heterocycles. The standard InChI is InChI=1S/C21H38O2Si/c1-16(13-15-22)17-10-8-11-18-19(12-9-14-21(17,18)5)23-24(6,7)20(2,3)4/h10,15-16,18-19H,8-9,11-14H2,1-7H3/t16-,18+,19+,21-/m1/s1. The zero-order chi connectivity index (χ0) is 18.2. The monoisotopic (exact) mass is 350 g/mol. The first-order valence-electron chi connectivity index (χ1n) is 9.85. The van der Waals surface area contributed by atoms with Gasteiger partial charge in [0.05, 0.1) is 0 Å². The van der Waals surface area contributed by atoms with Crippen LogP contribution in [0.15, 0.2) is 11.6 Å². The summed E-state index contributed by atoms with van der Waals surface area (Å²) in [6.45, 7) is 16.4. The Balaban J connectivity index is 2.25. The minimum absolute atomic E-state index is 0.228. The predicted octanol–water partition coefficient (Wildman–Crippen LogP) is 6.13. The number of aldehydes is 1. The lowest BCUT2D eigenvalue weighted by Crippen LogP contribution is -2.51. The molecule has 2 aliphatic rings. The van der Waals surface area contributed by atoms with E-state index in [1.54, 1.807) is 0 Å². The molecule has 0 radical (unpaired) electrons. The molecule has 0 aromatic heterocycles. The zero-order valence-corrected chi connectivity index (χ0v) is 17.9. The van der Waals surface area contributed by atoms with Crippen LogP contribution in [0.1, 0.15) is 73.1 Å². The molecule has 0 amide bonds. The fraction of sp³-hybridized carbons (Fsp3) is 0.857. The van der Waals surface area contributed by atoms with Gasteiger partial charge in [-0.25, -0.2) is 0 Å². The van der Waals surface area contributed by atoms with Crippen molar-refractivity contribution in [2.75, 3.05) is 0 Å². The Kier molecular flexibility index (Phi) is 5.86. The van der Waals surface area contributed by atoms with E-state index in [4.69, 9.17) is 4.43 Å². The number of rotatable bonds is 5. The second-order valence-electron chi connectivity index (χ2n) is 9.87. The summed E-state index contributed by atoms with van der Waals surface area (Å²) in [5.74, 6) is 0.997. The van der Waals surface area contributed by atoms with Gasteiger partial charge in [0.15, 0.2) is 8.32 Å². The van der Waals surface area contributed by atoms with Gasteiger partial charge in [-0.2, -0.15) is 0 Å². The van der Waals surface area contributed by atoms with E-state index in [-0.39, 0.29) is 10.5 Å². The van der Waals surface area contributed by atoms with E-state index in [0.717, 1.165) is 12.7 Å². The van der Waals surface area contributed by atoms with Gasteiger partial charge in [-0.3, -0.25) is 0 Å². The number of carbonyl (C=O) groups is 1. The molecule has 0 aliphatic heterocycles. The van der Waals surface area contributed by atoms with Crippen molar-refractivity contribution in [2.45, 2.75) is 97.4 Å². The Morgan fingerprint density at radius 3 is 2.62 bits per heavy atom. The van der Waals surface area contributed by atoms with Gasteiger partial charge in [0.1, 0.15) is 6.29 Å². The maximum absolute atomic E-state index is 11.0. The number of fused-ring (bicyclic) bond motifs is 1. The summed E-state index contributed by atoms with van der Waals surface area (Å²) < 4.78 is 6.91. The smallest absolute Gasteiger partial charge is 0.192 e. The predicted molar refractivity (Wildman–Crippen MR) is 105 cm³/mol. The molecule has 0 unspecified atom stereocenters. The summed E-state index contributed by atoms with van der Waals surface area (Å²) in [5.41, 5.74) is 1.76. The summed E-state index contributed by atoms with van der Waals surface area (Å²) in [5, 5.41) is 0.263.